The van der Waals surface area contributed by atoms with Crippen molar-refractivity contribution >= 4 is 28.0 Å². The number of methoxy groups -OCH3 is 1. The van der Waals surface area contributed by atoms with Crippen molar-refractivity contribution in [3.8, 4) is 0 Å². The molecule has 2 nitrogen and oxygen atoms in total. The minimum absolute atomic E-state index is 0.285. The van der Waals surface area contributed by atoms with Crippen molar-refractivity contribution < 1.29 is 22.7 Å². The second-order valence-corrected chi connectivity index (χ2v) is 3.96. The van der Waals surface area contributed by atoms with Crippen LogP contribution in [0, 0.1) is 0 Å². The van der Waals surface area contributed by atoms with Gasteiger partial charge in [-0.2, -0.15) is 13.2 Å². The molecule has 0 heterocycles. The van der Waals surface area contributed by atoms with Gasteiger partial charge in [-0.3, -0.25) is 0 Å². The van der Waals surface area contributed by atoms with E-state index in [0.29, 0.717) is 5.56 Å². The Kier molecular flexibility index (Phi) is 4.34. The summed E-state index contributed by atoms with van der Waals surface area (Å²) < 4.78 is 40.2. The summed E-state index contributed by atoms with van der Waals surface area (Å²) in [4.78, 5) is 11.1. The van der Waals surface area contributed by atoms with Crippen molar-refractivity contribution in [3.05, 3.63) is 39.9 Å². The number of allylic oxidation sites excluding steroid dienone is 1. The largest absolute Gasteiger partial charge is 0.465 e. The molecule has 0 spiro atoms. The molecule has 0 radical (unpaired) electrons. The highest BCUT2D eigenvalue weighted by Gasteiger charge is 2.31. The van der Waals surface area contributed by atoms with Gasteiger partial charge in [0, 0.05) is 0 Å². The number of alkyl halides is 3. The molecule has 92 valence electrons. The van der Waals surface area contributed by atoms with Crippen molar-refractivity contribution in [2.24, 2.45) is 0 Å². The van der Waals surface area contributed by atoms with Crippen LogP contribution in [0.15, 0.2) is 28.7 Å². The quantitative estimate of drug-likeness (QED) is 0.777. The minimum atomic E-state index is -4.42. The van der Waals surface area contributed by atoms with Crippen LogP contribution < -0.4 is 0 Å². The highest BCUT2D eigenvalue weighted by Crippen LogP contribution is 2.31. The summed E-state index contributed by atoms with van der Waals surface area (Å²) in [7, 11) is 1.23. The average molecular weight is 309 g/mol. The SMILES string of the molecule is COC(=O)c1ccc(/C=C(\Br)C(F)(F)F)cc1. The maximum Gasteiger partial charge on any atom is 0.422 e. The zero-order valence-electron chi connectivity index (χ0n) is 8.72. The van der Waals surface area contributed by atoms with Crippen LogP contribution in [0.4, 0.5) is 13.2 Å². The minimum Gasteiger partial charge on any atom is -0.465 e. The Morgan fingerprint density at radius 1 is 1.29 bits per heavy atom. The first-order valence-electron chi connectivity index (χ1n) is 4.47. The van der Waals surface area contributed by atoms with E-state index in [1.165, 1.54) is 31.4 Å². The van der Waals surface area contributed by atoms with Crippen LogP contribution in [0.3, 0.4) is 0 Å². The number of hydrogen-bond donors (Lipinski definition) is 0. The van der Waals surface area contributed by atoms with Crippen molar-refractivity contribution in [1.29, 1.82) is 0 Å². The van der Waals surface area contributed by atoms with Crippen LogP contribution >= 0.6 is 15.9 Å². The van der Waals surface area contributed by atoms with E-state index in [9.17, 15) is 18.0 Å². The summed E-state index contributed by atoms with van der Waals surface area (Å²) in [5.41, 5.74) is 0.620. The van der Waals surface area contributed by atoms with Crippen LogP contribution in [-0.2, 0) is 4.74 Å². The van der Waals surface area contributed by atoms with Crippen LogP contribution in [0.25, 0.3) is 6.08 Å². The van der Waals surface area contributed by atoms with Crippen molar-refractivity contribution in [3.63, 3.8) is 0 Å². The zero-order chi connectivity index (χ0) is 13.1. The van der Waals surface area contributed by atoms with Gasteiger partial charge in [-0.25, -0.2) is 4.79 Å². The summed E-state index contributed by atoms with van der Waals surface area (Å²) in [5, 5.41) is 0. The van der Waals surface area contributed by atoms with Gasteiger partial charge in [0.2, 0.25) is 0 Å². The number of rotatable bonds is 2. The van der Waals surface area contributed by atoms with E-state index in [1.807, 2.05) is 0 Å². The van der Waals surface area contributed by atoms with E-state index in [0.717, 1.165) is 6.08 Å². The molecule has 0 saturated heterocycles. The number of esters is 1. The first-order valence-corrected chi connectivity index (χ1v) is 5.26. The van der Waals surface area contributed by atoms with E-state index >= 15 is 0 Å². The molecule has 0 N–H and O–H groups in total. The topological polar surface area (TPSA) is 26.3 Å². The lowest BCUT2D eigenvalue weighted by Gasteiger charge is -2.04. The molecular weight excluding hydrogens is 301 g/mol. The third-order valence-corrected chi connectivity index (χ3v) is 2.57. The van der Waals surface area contributed by atoms with Gasteiger partial charge < -0.3 is 4.74 Å². The smallest absolute Gasteiger partial charge is 0.422 e. The van der Waals surface area contributed by atoms with Gasteiger partial charge in [0.15, 0.2) is 0 Å². The van der Waals surface area contributed by atoms with Gasteiger partial charge >= 0.3 is 12.1 Å². The van der Waals surface area contributed by atoms with Gasteiger partial charge in [0.25, 0.3) is 0 Å². The molecule has 0 aliphatic carbocycles. The third-order valence-electron chi connectivity index (χ3n) is 1.90. The van der Waals surface area contributed by atoms with Crippen LogP contribution in [-0.4, -0.2) is 19.3 Å². The van der Waals surface area contributed by atoms with E-state index in [1.54, 1.807) is 0 Å². The molecule has 1 rings (SSSR count). The van der Waals surface area contributed by atoms with Gasteiger partial charge in [-0.15, -0.1) is 0 Å². The lowest BCUT2D eigenvalue weighted by molar-refractivity contribution is -0.0820. The molecule has 6 heteroatoms. The predicted molar refractivity (Wildman–Crippen MR) is 60.7 cm³/mol. The van der Waals surface area contributed by atoms with Gasteiger partial charge in [-0.05, 0) is 39.7 Å². The van der Waals surface area contributed by atoms with Gasteiger partial charge in [0.1, 0.15) is 0 Å². The molecule has 1 aromatic rings. The van der Waals surface area contributed by atoms with Gasteiger partial charge in [0.05, 0.1) is 17.2 Å². The lowest BCUT2D eigenvalue weighted by atomic mass is 10.1. The van der Waals surface area contributed by atoms with Gasteiger partial charge in [-0.1, -0.05) is 12.1 Å². The van der Waals surface area contributed by atoms with Crippen molar-refractivity contribution in [1.82, 2.24) is 0 Å². The fourth-order valence-electron chi connectivity index (χ4n) is 1.06. The maximum atomic E-state index is 12.2. The molecular formula is C11H8BrF3O2. The second kappa shape index (κ2) is 5.35. The maximum absolute atomic E-state index is 12.2. The average Bonchev–Trinajstić information content (AvgIpc) is 2.27. The number of carbonyl (C=O) groups is 1. The lowest BCUT2D eigenvalue weighted by Crippen LogP contribution is -2.06. The van der Waals surface area contributed by atoms with Crippen LogP contribution in [0.1, 0.15) is 15.9 Å². The molecule has 0 atom stereocenters. The Morgan fingerprint density at radius 3 is 2.24 bits per heavy atom. The monoisotopic (exact) mass is 308 g/mol. The van der Waals surface area contributed by atoms with Crippen LogP contribution in [0.2, 0.25) is 0 Å². The number of hydrogen-bond acceptors (Lipinski definition) is 2. The van der Waals surface area contributed by atoms with E-state index in [-0.39, 0.29) is 5.56 Å². The summed E-state index contributed by atoms with van der Waals surface area (Å²) in [5.74, 6) is -0.532. The second-order valence-electron chi connectivity index (χ2n) is 3.10. The summed E-state index contributed by atoms with van der Waals surface area (Å²) in [6.07, 6.45) is -3.48. The molecule has 0 aliphatic rings. The highest BCUT2D eigenvalue weighted by molar-refractivity contribution is 9.11. The number of halogens is 4. The Hall–Kier alpha value is -1.30. The highest BCUT2D eigenvalue weighted by atomic mass is 79.9. The number of ether oxygens (including phenoxy) is 1. The molecule has 0 amide bonds. The van der Waals surface area contributed by atoms with Crippen molar-refractivity contribution in [2.45, 2.75) is 6.18 Å². The summed E-state index contributed by atoms with van der Waals surface area (Å²) in [6, 6.07) is 5.60. The Bertz CT molecular complexity index is 435. The van der Waals surface area contributed by atoms with Crippen molar-refractivity contribution in [2.75, 3.05) is 7.11 Å². The molecule has 0 saturated carbocycles. The Balaban J connectivity index is 2.93. The van der Waals surface area contributed by atoms with E-state index < -0.39 is 16.6 Å². The standard InChI is InChI=1S/C11H8BrF3O2/c1-17-10(16)8-4-2-7(3-5-8)6-9(12)11(13,14)15/h2-6H,1H3/b9-6-. The van der Waals surface area contributed by atoms with E-state index in [4.69, 9.17) is 0 Å². The molecule has 17 heavy (non-hydrogen) atoms. The van der Waals surface area contributed by atoms with Crippen LogP contribution in [0.5, 0.6) is 0 Å². The third kappa shape index (κ3) is 3.89. The number of carbonyl (C=O) groups excluding carboxylic acids is 1. The fraction of sp³-hybridized carbons (Fsp3) is 0.182. The summed E-state index contributed by atoms with van der Waals surface area (Å²) >= 11 is 2.44. The molecule has 0 bridgehead atoms. The normalized spacial score (nSPS) is 12.4. The molecule has 0 unspecified atom stereocenters. The number of benzene rings is 1. The fourth-order valence-corrected chi connectivity index (χ4v) is 1.33. The zero-order valence-corrected chi connectivity index (χ0v) is 10.3. The Labute approximate surface area is 104 Å². The molecule has 1 aromatic carbocycles. The molecule has 0 fully saturated rings. The molecule has 0 aromatic heterocycles. The first kappa shape index (κ1) is 13.8. The predicted octanol–water partition coefficient (Wildman–Crippen LogP) is 3.77. The van der Waals surface area contributed by atoms with E-state index in [2.05, 4.69) is 20.7 Å². The first-order chi connectivity index (χ1) is 7.84. The Morgan fingerprint density at radius 2 is 1.82 bits per heavy atom. The summed E-state index contributed by atoms with van der Waals surface area (Å²) in [6.45, 7) is 0. The molecule has 0 aliphatic heterocycles.